The van der Waals surface area contributed by atoms with Crippen LogP contribution in [0.2, 0.25) is 0 Å². The summed E-state index contributed by atoms with van der Waals surface area (Å²) in [4.78, 5) is 11.0. The van der Waals surface area contributed by atoms with Gasteiger partial charge in [-0.3, -0.25) is 4.57 Å². The number of hydrogen-bond donors (Lipinski definition) is 2. The molecule has 18 heavy (non-hydrogen) atoms. The van der Waals surface area contributed by atoms with Gasteiger partial charge in [0.2, 0.25) is 0 Å². The van der Waals surface area contributed by atoms with E-state index in [1.54, 1.807) is 0 Å². The Morgan fingerprint density at radius 1 is 1.56 bits per heavy atom. The first-order valence-electron chi connectivity index (χ1n) is 5.22. The first kappa shape index (κ1) is 11.3. The first-order chi connectivity index (χ1) is 8.69. The van der Waals surface area contributed by atoms with E-state index in [4.69, 9.17) is 20.3 Å². The molecule has 9 heteroatoms. The summed E-state index contributed by atoms with van der Waals surface area (Å²) in [5, 5.41) is 8.90. The fourth-order valence-corrected chi connectivity index (χ4v) is 1.81. The van der Waals surface area contributed by atoms with Gasteiger partial charge in [-0.05, 0) is 0 Å². The quantitative estimate of drug-likeness (QED) is 0.690. The van der Waals surface area contributed by atoms with E-state index < -0.39 is 18.6 Å². The summed E-state index contributed by atoms with van der Waals surface area (Å²) < 4.78 is 25.2. The fraction of sp³-hybridized carbons (Fsp3) is 0.444. The predicted molar refractivity (Wildman–Crippen MR) is 56.6 cm³/mol. The number of ether oxygens (including phenoxy) is 2. The van der Waals surface area contributed by atoms with Crippen LogP contribution < -0.4 is 5.73 Å². The predicted octanol–water partition coefficient (Wildman–Crippen LogP) is -0.589. The lowest BCUT2D eigenvalue weighted by molar-refractivity contribution is -0.0980. The van der Waals surface area contributed by atoms with Crippen molar-refractivity contribution in [3.8, 4) is 0 Å². The van der Waals surface area contributed by atoms with Gasteiger partial charge in [0.1, 0.15) is 0 Å². The Morgan fingerprint density at radius 3 is 3.11 bits per heavy atom. The van der Waals surface area contributed by atoms with Crippen LogP contribution in [-0.4, -0.2) is 44.1 Å². The molecule has 8 nitrogen and oxygen atoms in total. The van der Waals surface area contributed by atoms with E-state index in [0.717, 1.165) is 0 Å². The van der Waals surface area contributed by atoms with Crippen LogP contribution in [0, 0.1) is 6.08 Å². The molecule has 3 rings (SSSR count). The van der Waals surface area contributed by atoms with Gasteiger partial charge in [-0.1, -0.05) is 0 Å². The second-order valence-corrected chi connectivity index (χ2v) is 3.74. The Balaban J connectivity index is 2.03. The standard InChI is InChI=1S/C9H10FN5O3/c10-9-13-7(11)6-8(14-9)15(3-12-6)4-2-17-5(1-16)18-4/h3-5,16H,1-2H2,(H2,11,13,14)/t4-,5-/m0/s1. The van der Waals surface area contributed by atoms with Crippen molar-refractivity contribution < 1.29 is 19.0 Å². The van der Waals surface area contributed by atoms with Crippen molar-refractivity contribution in [2.24, 2.45) is 0 Å². The largest absolute Gasteiger partial charge is 0.391 e. The van der Waals surface area contributed by atoms with Gasteiger partial charge in [0.15, 0.2) is 29.5 Å². The topological polar surface area (TPSA) is 108 Å². The second-order valence-electron chi connectivity index (χ2n) is 3.74. The van der Waals surface area contributed by atoms with Crippen LogP contribution in [0.3, 0.4) is 0 Å². The lowest BCUT2D eigenvalue weighted by Crippen LogP contribution is -2.15. The first-order valence-corrected chi connectivity index (χ1v) is 5.22. The van der Waals surface area contributed by atoms with Crippen LogP contribution in [0.5, 0.6) is 0 Å². The molecule has 0 aliphatic carbocycles. The van der Waals surface area contributed by atoms with E-state index in [1.807, 2.05) is 0 Å². The second kappa shape index (κ2) is 4.12. The minimum absolute atomic E-state index is 0.0335. The Labute approximate surface area is 100 Å². The minimum atomic E-state index is -0.931. The summed E-state index contributed by atoms with van der Waals surface area (Å²) >= 11 is 0. The Kier molecular flexibility index (Phi) is 2.58. The molecule has 2 aromatic heterocycles. The highest BCUT2D eigenvalue weighted by Crippen LogP contribution is 2.25. The molecule has 0 aromatic carbocycles. The molecule has 0 saturated carbocycles. The smallest absolute Gasteiger partial charge is 0.312 e. The molecule has 3 N–H and O–H groups in total. The average molecular weight is 255 g/mol. The van der Waals surface area contributed by atoms with Crippen molar-refractivity contribution in [3.63, 3.8) is 0 Å². The molecular formula is C9H10FN5O3. The highest BCUT2D eigenvalue weighted by atomic mass is 19.1. The number of hydrogen-bond acceptors (Lipinski definition) is 7. The maximum absolute atomic E-state index is 13.1. The lowest BCUT2D eigenvalue weighted by atomic mass is 10.5. The van der Waals surface area contributed by atoms with Crippen LogP contribution >= 0.6 is 0 Å². The van der Waals surface area contributed by atoms with Gasteiger partial charge in [0, 0.05) is 0 Å². The van der Waals surface area contributed by atoms with E-state index in [2.05, 4.69) is 15.0 Å². The van der Waals surface area contributed by atoms with Crippen LogP contribution in [-0.2, 0) is 9.47 Å². The fourth-order valence-electron chi connectivity index (χ4n) is 1.81. The van der Waals surface area contributed by atoms with Crippen molar-refractivity contribution >= 4 is 17.0 Å². The molecule has 1 fully saturated rings. The highest BCUT2D eigenvalue weighted by molar-refractivity contribution is 5.81. The number of nitrogen functional groups attached to an aromatic ring is 1. The summed E-state index contributed by atoms with van der Waals surface area (Å²) in [6.45, 7) is -0.0448. The number of imidazole rings is 1. The number of rotatable bonds is 2. The lowest BCUT2D eigenvalue weighted by Gasteiger charge is -2.11. The van der Waals surface area contributed by atoms with Gasteiger partial charge >= 0.3 is 6.08 Å². The molecule has 0 bridgehead atoms. The van der Waals surface area contributed by atoms with Crippen molar-refractivity contribution in [1.82, 2.24) is 19.5 Å². The SMILES string of the molecule is Nc1nc(F)nc2c1ncn2[C@@H]1CO[C@H](CO)O1. The molecule has 0 radical (unpaired) electrons. The number of aliphatic hydroxyl groups is 1. The van der Waals surface area contributed by atoms with Crippen molar-refractivity contribution in [2.45, 2.75) is 12.5 Å². The third-order valence-electron chi connectivity index (χ3n) is 2.61. The van der Waals surface area contributed by atoms with Gasteiger partial charge < -0.3 is 20.3 Å². The number of aliphatic hydroxyl groups excluding tert-OH is 1. The molecule has 2 aromatic rings. The van der Waals surface area contributed by atoms with E-state index in [-0.39, 0.29) is 24.7 Å². The van der Waals surface area contributed by atoms with Gasteiger partial charge in [-0.15, -0.1) is 0 Å². The molecule has 0 amide bonds. The molecular weight excluding hydrogens is 245 g/mol. The zero-order valence-electron chi connectivity index (χ0n) is 9.15. The van der Waals surface area contributed by atoms with Gasteiger partial charge in [0.05, 0.1) is 19.5 Å². The van der Waals surface area contributed by atoms with Gasteiger partial charge in [0.25, 0.3) is 0 Å². The zero-order valence-corrected chi connectivity index (χ0v) is 9.15. The summed E-state index contributed by atoms with van der Waals surface area (Å²) in [5.74, 6) is -0.0335. The van der Waals surface area contributed by atoms with Gasteiger partial charge in [-0.2, -0.15) is 14.4 Å². The normalized spacial score (nSPS) is 23.9. The average Bonchev–Trinajstić information content (AvgIpc) is 2.93. The van der Waals surface area contributed by atoms with E-state index in [0.29, 0.717) is 5.52 Å². The number of fused-ring (bicyclic) bond motifs is 1. The van der Waals surface area contributed by atoms with Crippen molar-refractivity contribution in [2.75, 3.05) is 18.9 Å². The Morgan fingerprint density at radius 2 is 2.39 bits per heavy atom. The summed E-state index contributed by atoms with van der Waals surface area (Å²) in [6.07, 6.45) is -0.736. The maximum atomic E-state index is 13.1. The number of halogens is 1. The Hall–Kier alpha value is -1.84. The monoisotopic (exact) mass is 255 g/mol. The third-order valence-corrected chi connectivity index (χ3v) is 2.61. The molecule has 96 valence electrons. The molecule has 3 heterocycles. The Bertz CT molecular complexity index is 589. The zero-order chi connectivity index (χ0) is 12.7. The molecule has 1 aliphatic rings. The molecule has 0 unspecified atom stereocenters. The van der Waals surface area contributed by atoms with E-state index >= 15 is 0 Å². The number of nitrogens with two attached hydrogens (primary N) is 1. The molecule has 2 atom stereocenters. The summed E-state index contributed by atoms with van der Waals surface area (Å²) in [5.41, 5.74) is 6.07. The summed E-state index contributed by atoms with van der Waals surface area (Å²) in [7, 11) is 0. The number of aromatic nitrogens is 4. The van der Waals surface area contributed by atoms with Gasteiger partial charge in [-0.25, -0.2) is 4.98 Å². The number of nitrogens with zero attached hydrogens (tertiary/aromatic N) is 4. The maximum Gasteiger partial charge on any atom is 0.312 e. The summed E-state index contributed by atoms with van der Waals surface area (Å²) in [6, 6.07) is 0. The van der Waals surface area contributed by atoms with Crippen LogP contribution in [0.25, 0.3) is 11.2 Å². The highest BCUT2D eigenvalue weighted by Gasteiger charge is 2.28. The molecule has 1 saturated heterocycles. The van der Waals surface area contributed by atoms with Crippen LogP contribution in [0.4, 0.5) is 10.2 Å². The van der Waals surface area contributed by atoms with Crippen molar-refractivity contribution in [3.05, 3.63) is 12.4 Å². The molecule has 0 spiro atoms. The van der Waals surface area contributed by atoms with E-state index in [1.165, 1.54) is 10.9 Å². The third kappa shape index (κ3) is 1.68. The van der Waals surface area contributed by atoms with E-state index in [9.17, 15) is 4.39 Å². The van der Waals surface area contributed by atoms with Crippen LogP contribution in [0.15, 0.2) is 6.33 Å². The van der Waals surface area contributed by atoms with Crippen molar-refractivity contribution in [1.29, 1.82) is 0 Å². The molecule has 1 aliphatic heterocycles. The van der Waals surface area contributed by atoms with Crippen LogP contribution in [0.1, 0.15) is 6.23 Å². The number of anilines is 1. The minimum Gasteiger partial charge on any atom is -0.391 e.